The van der Waals surface area contributed by atoms with Crippen LogP contribution in [-0.2, 0) is 0 Å². The summed E-state index contributed by atoms with van der Waals surface area (Å²) in [5.41, 5.74) is 4.60. The monoisotopic (exact) mass is 442 g/mol. The lowest BCUT2D eigenvalue weighted by molar-refractivity contribution is 0.103. The third-order valence-corrected chi connectivity index (χ3v) is 5.83. The quantitative estimate of drug-likeness (QED) is 0.271. The van der Waals surface area contributed by atoms with E-state index in [0.717, 1.165) is 11.1 Å². The number of hydrogen-bond donors (Lipinski definition) is 0. The highest BCUT2D eigenvalue weighted by Gasteiger charge is 2.28. The molecule has 0 unspecified atom stereocenters. The van der Waals surface area contributed by atoms with Gasteiger partial charge in [0.25, 0.3) is 0 Å². The first kappa shape index (κ1) is 21.4. The predicted molar refractivity (Wildman–Crippen MR) is 136 cm³/mol. The van der Waals surface area contributed by atoms with E-state index >= 15 is 0 Å². The van der Waals surface area contributed by atoms with E-state index < -0.39 is 5.63 Å². The fourth-order valence-electron chi connectivity index (χ4n) is 4.15. The first-order chi connectivity index (χ1) is 16.6. The predicted octanol–water partition coefficient (Wildman–Crippen LogP) is 7.18. The van der Waals surface area contributed by atoms with Gasteiger partial charge in [-0.15, -0.1) is 0 Å². The minimum Gasteiger partial charge on any atom is -0.421 e. The summed E-state index contributed by atoms with van der Waals surface area (Å²) in [4.78, 5) is 27.6. The Hall–Kier alpha value is -4.50. The van der Waals surface area contributed by atoms with Gasteiger partial charge in [0.05, 0.1) is 11.1 Å². The number of hydrogen-bond acceptors (Lipinski definition) is 3. The van der Waals surface area contributed by atoms with Crippen LogP contribution in [0.15, 0.2) is 124 Å². The SMILES string of the molecule is Cc1ccc(C(=O)c2c(-c3ccccc3)oc(=O)c(-c3ccccc3)c2-c2ccccc2)cc1. The summed E-state index contributed by atoms with van der Waals surface area (Å²) in [5, 5.41) is 0. The van der Waals surface area contributed by atoms with Crippen molar-refractivity contribution in [2.24, 2.45) is 0 Å². The molecule has 0 aliphatic carbocycles. The Kier molecular flexibility index (Phi) is 5.75. The summed E-state index contributed by atoms with van der Waals surface area (Å²) in [5.74, 6) is 0.0772. The molecule has 3 heteroatoms. The number of aryl methyl sites for hydroxylation is 1. The smallest absolute Gasteiger partial charge is 0.344 e. The standard InChI is InChI=1S/C31H22O3/c1-21-17-19-24(20-18-21)29(32)28-26(22-11-5-2-6-12-22)27(23-13-7-3-8-14-23)31(33)34-30(28)25-15-9-4-10-16-25/h2-20H,1H3. The maximum atomic E-state index is 14.1. The average molecular weight is 443 g/mol. The maximum absolute atomic E-state index is 14.1. The molecule has 0 spiro atoms. The molecule has 4 aromatic carbocycles. The van der Waals surface area contributed by atoms with Crippen molar-refractivity contribution in [3.8, 4) is 33.6 Å². The van der Waals surface area contributed by atoms with Crippen molar-refractivity contribution in [3.63, 3.8) is 0 Å². The van der Waals surface area contributed by atoms with E-state index in [1.54, 1.807) is 0 Å². The van der Waals surface area contributed by atoms with Gasteiger partial charge in [0, 0.05) is 16.7 Å². The van der Waals surface area contributed by atoms with Crippen LogP contribution in [0.3, 0.4) is 0 Å². The highest BCUT2D eigenvalue weighted by atomic mass is 16.4. The molecule has 0 saturated carbocycles. The lowest BCUT2D eigenvalue weighted by Crippen LogP contribution is -2.14. The Labute approximate surface area is 198 Å². The van der Waals surface area contributed by atoms with Crippen LogP contribution in [0.5, 0.6) is 0 Å². The highest BCUT2D eigenvalue weighted by Crippen LogP contribution is 2.39. The van der Waals surface area contributed by atoms with E-state index in [1.807, 2.05) is 122 Å². The summed E-state index contributed by atoms with van der Waals surface area (Å²) < 4.78 is 5.93. The molecular formula is C31H22O3. The van der Waals surface area contributed by atoms with Crippen molar-refractivity contribution in [1.29, 1.82) is 0 Å². The van der Waals surface area contributed by atoms with Crippen LogP contribution >= 0.6 is 0 Å². The Bertz CT molecular complexity index is 1500. The molecule has 0 fully saturated rings. The number of carbonyl (C=O) groups excluding carboxylic acids is 1. The largest absolute Gasteiger partial charge is 0.421 e. The van der Waals surface area contributed by atoms with Gasteiger partial charge in [-0.1, -0.05) is 121 Å². The van der Waals surface area contributed by atoms with E-state index in [0.29, 0.717) is 33.4 Å². The summed E-state index contributed by atoms with van der Waals surface area (Å²) in [6.07, 6.45) is 0. The molecular weight excluding hydrogens is 420 g/mol. The second-order valence-corrected chi connectivity index (χ2v) is 8.14. The van der Waals surface area contributed by atoms with Crippen molar-refractivity contribution in [2.45, 2.75) is 6.92 Å². The minimum atomic E-state index is -0.482. The topological polar surface area (TPSA) is 47.3 Å². The van der Waals surface area contributed by atoms with Crippen molar-refractivity contribution in [3.05, 3.63) is 142 Å². The molecule has 5 rings (SSSR count). The van der Waals surface area contributed by atoms with E-state index in [9.17, 15) is 9.59 Å². The van der Waals surface area contributed by atoms with Crippen LogP contribution in [0.1, 0.15) is 21.5 Å². The molecule has 164 valence electrons. The summed E-state index contributed by atoms with van der Waals surface area (Å²) in [6, 6.07) is 35.7. The van der Waals surface area contributed by atoms with Crippen LogP contribution in [0.4, 0.5) is 0 Å². The van der Waals surface area contributed by atoms with Gasteiger partial charge in [0.2, 0.25) is 0 Å². The maximum Gasteiger partial charge on any atom is 0.344 e. The van der Waals surface area contributed by atoms with Crippen LogP contribution < -0.4 is 5.63 Å². The van der Waals surface area contributed by atoms with Gasteiger partial charge in [-0.05, 0) is 18.1 Å². The molecule has 0 N–H and O–H groups in total. The van der Waals surface area contributed by atoms with Crippen molar-refractivity contribution in [2.75, 3.05) is 0 Å². The van der Waals surface area contributed by atoms with Gasteiger partial charge >= 0.3 is 5.63 Å². The molecule has 0 aliphatic rings. The van der Waals surface area contributed by atoms with Crippen LogP contribution in [0.25, 0.3) is 33.6 Å². The Morgan fingerprint density at radius 2 is 1.06 bits per heavy atom. The lowest BCUT2D eigenvalue weighted by atomic mass is 9.86. The van der Waals surface area contributed by atoms with Gasteiger partial charge in [0.1, 0.15) is 5.76 Å². The molecule has 1 heterocycles. The van der Waals surface area contributed by atoms with E-state index in [1.165, 1.54) is 0 Å². The molecule has 0 saturated heterocycles. The van der Waals surface area contributed by atoms with E-state index in [4.69, 9.17) is 4.42 Å². The molecule has 0 bridgehead atoms. The van der Waals surface area contributed by atoms with Gasteiger partial charge in [-0.2, -0.15) is 0 Å². The Morgan fingerprint density at radius 1 is 0.588 bits per heavy atom. The highest BCUT2D eigenvalue weighted by molar-refractivity contribution is 6.17. The third kappa shape index (κ3) is 4.00. The molecule has 0 aliphatic heterocycles. The summed E-state index contributed by atoms with van der Waals surface area (Å²) >= 11 is 0. The van der Waals surface area contributed by atoms with E-state index in [2.05, 4.69) is 0 Å². The molecule has 0 atom stereocenters. The first-order valence-corrected chi connectivity index (χ1v) is 11.1. The second-order valence-electron chi connectivity index (χ2n) is 8.14. The van der Waals surface area contributed by atoms with Gasteiger partial charge in [-0.25, -0.2) is 4.79 Å². The van der Waals surface area contributed by atoms with Gasteiger partial charge in [0.15, 0.2) is 5.78 Å². The summed E-state index contributed by atoms with van der Waals surface area (Å²) in [6.45, 7) is 1.98. The molecule has 3 nitrogen and oxygen atoms in total. The Balaban J connectivity index is 1.92. The zero-order valence-electron chi connectivity index (χ0n) is 18.7. The van der Waals surface area contributed by atoms with Crippen LogP contribution in [0, 0.1) is 6.92 Å². The van der Waals surface area contributed by atoms with Gasteiger partial charge < -0.3 is 4.42 Å². The van der Waals surface area contributed by atoms with Gasteiger partial charge in [-0.3, -0.25) is 4.79 Å². The Morgan fingerprint density at radius 3 is 1.59 bits per heavy atom. The molecule has 0 radical (unpaired) electrons. The van der Waals surface area contributed by atoms with Crippen molar-refractivity contribution >= 4 is 5.78 Å². The fourth-order valence-corrected chi connectivity index (χ4v) is 4.15. The van der Waals surface area contributed by atoms with E-state index in [-0.39, 0.29) is 11.5 Å². The minimum absolute atomic E-state index is 0.196. The second kappa shape index (κ2) is 9.16. The number of carbonyl (C=O) groups is 1. The number of benzene rings is 4. The van der Waals surface area contributed by atoms with Crippen molar-refractivity contribution in [1.82, 2.24) is 0 Å². The first-order valence-electron chi connectivity index (χ1n) is 11.1. The summed E-state index contributed by atoms with van der Waals surface area (Å²) in [7, 11) is 0. The normalized spacial score (nSPS) is 10.7. The molecule has 0 amide bonds. The third-order valence-electron chi connectivity index (χ3n) is 5.83. The number of ketones is 1. The fraction of sp³-hybridized carbons (Fsp3) is 0.0323. The van der Waals surface area contributed by atoms with Crippen LogP contribution in [0.2, 0.25) is 0 Å². The zero-order chi connectivity index (χ0) is 23.5. The average Bonchev–Trinajstić information content (AvgIpc) is 2.89. The molecule has 34 heavy (non-hydrogen) atoms. The lowest BCUT2D eigenvalue weighted by Gasteiger charge is -2.17. The number of rotatable bonds is 5. The molecule has 5 aromatic rings. The van der Waals surface area contributed by atoms with Crippen LogP contribution in [-0.4, -0.2) is 5.78 Å². The zero-order valence-corrected chi connectivity index (χ0v) is 18.7. The molecule has 1 aromatic heterocycles. The van der Waals surface area contributed by atoms with Crippen molar-refractivity contribution < 1.29 is 9.21 Å².